The monoisotopic (exact) mass is 450 g/mol. The zero-order chi connectivity index (χ0) is 22.7. The van der Waals surface area contributed by atoms with Crippen molar-refractivity contribution in [2.24, 2.45) is 4.99 Å². The summed E-state index contributed by atoms with van der Waals surface area (Å²) in [5, 5.41) is 11.2. The van der Waals surface area contributed by atoms with Crippen molar-refractivity contribution in [3.8, 4) is 5.75 Å². The van der Waals surface area contributed by atoms with Gasteiger partial charge in [0, 0.05) is 17.2 Å². The van der Waals surface area contributed by atoms with Crippen molar-refractivity contribution in [1.29, 1.82) is 0 Å². The Bertz CT molecular complexity index is 1380. The van der Waals surface area contributed by atoms with E-state index in [4.69, 9.17) is 8.92 Å². The second-order valence-corrected chi connectivity index (χ2v) is 8.02. The lowest BCUT2D eigenvalue weighted by Crippen LogP contribution is -2.12. The van der Waals surface area contributed by atoms with Gasteiger partial charge in [-0.05, 0) is 30.3 Å². The molecule has 10 heteroatoms. The molecule has 0 spiro atoms. The van der Waals surface area contributed by atoms with E-state index in [1.807, 2.05) is 6.07 Å². The van der Waals surface area contributed by atoms with Crippen LogP contribution in [0.25, 0.3) is 6.08 Å². The largest absolute Gasteiger partial charge is 0.402 e. The summed E-state index contributed by atoms with van der Waals surface area (Å²) in [5.74, 6) is -0.720. The predicted octanol–water partition coefficient (Wildman–Crippen LogP) is 3.71. The van der Waals surface area contributed by atoms with Crippen LogP contribution in [0.15, 0.2) is 94.4 Å². The number of hydrogen-bond donors (Lipinski definition) is 0. The average molecular weight is 450 g/mol. The lowest BCUT2D eigenvalue weighted by atomic mass is 10.1. The number of hydrogen-bond acceptors (Lipinski definition) is 8. The number of nitro benzene ring substituents is 1. The number of benzene rings is 3. The van der Waals surface area contributed by atoms with E-state index >= 15 is 0 Å². The van der Waals surface area contributed by atoms with Crippen molar-refractivity contribution in [2.45, 2.75) is 4.90 Å². The van der Waals surface area contributed by atoms with Crippen molar-refractivity contribution in [1.82, 2.24) is 0 Å². The normalized spacial score (nSPS) is 14.7. The van der Waals surface area contributed by atoms with E-state index in [2.05, 4.69) is 4.99 Å². The molecule has 160 valence electrons. The Morgan fingerprint density at radius 3 is 2.34 bits per heavy atom. The van der Waals surface area contributed by atoms with Gasteiger partial charge in [-0.15, -0.1) is 0 Å². The molecule has 9 nitrogen and oxygen atoms in total. The molecule has 3 aromatic carbocycles. The Kier molecular flexibility index (Phi) is 5.52. The molecule has 0 unspecified atom stereocenters. The highest BCUT2D eigenvalue weighted by atomic mass is 32.2. The van der Waals surface area contributed by atoms with Gasteiger partial charge in [0.05, 0.1) is 4.92 Å². The highest BCUT2D eigenvalue weighted by molar-refractivity contribution is 7.87. The van der Waals surface area contributed by atoms with Gasteiger partial charge in [-0.1, -0.05) is 48.5 Å². The number of rotatable bonds is 6. The lowest BCUT2D eigenvalue weighted by molar-refractivity contribution is -0.387. The van der Waals surface area contributed by atoms with E-state index in [1.54, 1.807) is 30.3 Å². The summed E-state index contributed by atoms with van der Waals surface area (Å²) in [6, 6.07) is 19.7. The first kappa shape index (κ1) is 20.9. The highest BCUT2D eigenvalue weighted by Gasteiger charge is 2.28. The molecule has 1 aliphatic rings. The lowest BCUT2D eigenvalue weighted by Gasteiger charge is -2.09. The first-order valence-corrected chi connectivity index (χ1v) is 10.6. The number of cyclic esters (lactones) is 1. The van der Waals surface area contributed by atoms with Gasteiger partial charge in [-0.25, -0.2) is 9.79 Å². The summed E-state index contributed by atoms with van der Waals surface area (Å²) in [7, 11) is -4.54. The van der Waals surface area contributed by atoms with Gasteiger partial charge in [0.15, 0.2) is 10.6 Å². The number of ether oxygens (including phenoxy) is 1. The second-order valence-electron chi connectivity index (χ2n) is 6.50. The van der Waals surface area contributed by atoms with Crippen molar-refractivity contribution in [3.63, 3.8) is 0 Å². The molecule has 1 aliphatic heterocycles. The Morgan fingerprint density at radius 1 is 0.938 bits per heavy atom. The molecule has 1 heterocycles. The van der Waals surface area contributed by atoms with Crippen molar-refractivity contribution >= 4 is 33.7 Å². The van der Waals surface area contributed by atoms with Crippen LogP contribution in [0, 0.1) is 10.1 Å². The van der Waals surface area contributed by atoms with Crippen molar-refractivity contribution < 1.29 is 27.1 Å². The number of carbonyl (C=O) groups excluding carboxylic acids is 1. The standard InChI is InChI=1S/C22H14N2O7S/c25-22-17(23-21(30-22)15-8-2-1-3-9-15)14-16-10-4-6-12-19(16)31-32(28,29)20-13-7-5-11-18(20)24(26)27/h1-14H/b17-14-. The van der Waals surface area contributed by atoms with E-state index < -0.39 is 31.6 Å². The highest BCUT2D eigenvalue weighted by Crippen LogP contribution is 2.30. The van der Waals surface area contributed by atoms with Gasteiger partial charge in [-0.2, -0.15) is 8.42 Å². The zero-order valence-electron chi connectivity index (χ0n) is 16.2. The molecule has 0 saturated carbocycles. The first-order chi connectivity index (χ1) is 15.3. The van der Waals surface area contributed by atoms with E-state index in [1.165, 1.54) is 36.4 Å². The number of carbonyl (C=O) groups is 1. The Labute approximate surface area is 182 Å². The minimum Gasteiger partial charge on any atom is -0.402 e. The molecular formula is C22H14N2O7S. The summed E-state index contributed by atoms with van der Waals surface area (Å²) in [4.78, 5) is 26.3. The molecule has 3 aromatic rings. The molecule has 32 heavy (non-hydrogen) atoms. The molecule has 4 rings (SSSR count). The van der Waals surface area contributed by atoms with Crippen molar-refractivity contribution in [2.75, 3.05) is 0 Å². The molecule has 0 bridgehead atoms. The molecule has 0 saturated heterocycles. The molecule has 0 fully saturated rings. The van der Waals surface area contributed by atoms with E-state index in [0.717, 1.165) is 12.1 Å². The van der Waals surface area contributed by atoms with Gasteiger partial charge in [0.1, 0.15) is 5.75 Å². The summed E-state index contributed by atoms with van der Waals surface area (Å²) in [5.41, 5.74) is 0.162. The number of aliphatic imine (C=N–C) groups is 1. The third-order valence-corrected chi connectivity index (χ3v) is 5.67. The van der Waals surface area contributed by atoms with Gasteiger partial charge >= 0.3 is 16.1 Å². The van der Waals surface area contributed by atoms with E-state index in [0.29, 0.717) is 5.56 Å². The fourth-order valence-electron chi connectivity index (χ4n) is 2.92. The maximum Gasteiger partial charge on any atom is 0.363 e. The zero-order valence-corrected chi connectivity index (χ0v) is 17.1. The predicted molar refractivity (Wildman–Crippen MR) is 114 cm³/mol. The van der Waals surface area contributed by atoms with E-state index in [9.17, 15) is 23.3 Å². The molecule has 0 radical (unpaired) electrons. The van der Waals surface area contributed by atoms with Crippen LogP contribution in [-0.4, -0.2) is 25.2 Å². The van der Waals surface area contributed by atoms with Crippen LogP contribution in [0.2, 0.25) is 0 Å². The van der Waals surface area contributed by atoms with Crippen molar-refractivity contribution in [3.05, 3.63) is 106 Å². The Morgan fingerprint density at radius 2 is 1.59 bits per heavy atom. The maximum absolute atomic E-state index is 12.8. The molecule has 0 N–H and O–H groups in total. The fraction of sp³-hybridized carbons (Fsp3) is 0. The molecular weight excluding hydrogens is 436 g/mol. The Balaban J connectivity index is 1.70. The summed E-state index contributed by atoms with van der Waals surface area (Å²) in [6.45, 7) is 0. The molecule has 0 atom stereocenters. The molecule has 0 amide bonds. The van der Waals surface area contributed by atoms with Crippen LogP contribution >= 0.6 is 0 Å². The van der Waals surface area contributed by atoms with E-state index in [-0.39, 0.29) is 22.9 Å². The van der Waals surface area contributed by atoms with Crippen LogP contribution in [0.4, 0.5) is 5.69 Å². The van der Waals surface area contributed by atoms with Crippen LogP contribution in [-0.2, 0) is 19.6 Å². The average Bonchev–Trinajstić information content (AvgIpc) is 3.16. The van der Waals surface area contributed by atoms with Crippen LogP contribution in [0.3, 0.4) is 0 Å². The van der Waals surface area contributed by atoms with Gasteiger partial charge in [0.2, 0.25) is 5.90 Å². The summed E-state index contributed by atoms with van der Waals surface area (Å²) in [6.07, 6.45) is 1.32. The number of nitrogens with zero attached hydrogens (tertiary/aromatic N) is 2. The first-order valence-electron chi connectivity index (χ1n) is 9.20. The number of esters is 1. The summed E-state index contributed by atoms with van der Waals surface area (Å²) >= 11 is 0. The van der Waals surface area contributed by atoms with Gasteiger partial charge in [-0.3, -0.25) is 10.1 Å². The number of para-hydroxylation sites is 2. The fourth-order valence-corrected chi connectivity index (χ4v) is 4.04. The minimum atomic E-state index is -4.54. The third-order valence-electron chi connectivity index (χ3n) is 4.38. The minimum absolute atomic E-state index is 0.0528. The second kappa shape index (κ2) is 8.44. The quantitative estimate of drug-likeness (QED) is 0.184. The topological polar surface area (TPSA) is 125 Å². The van der Waals surface area contributed by atoms with Gasteiger partial charge in [0.25, 0.3) is 5.69 Å². The van der Waals surface area contributed by atoms with Crippen LogP contribution in [0.1, 0.15) is 11.1 Å². The van der Waals surface area contributed by atoms with Crippen LogP contribution < -0.4 is 4.18 Å². The van der Waals surface area contributed by atoms with Gasteiger partial charge < -0.3 is 8.92 Å². The molecule has 0 aliphatic carbocycles. The number of nitro groups is 1. The smallest absolute Gasteiger partial charge is 0.363 e. The third kappa shape index (κ3) is 4.25. The summed E-state index contributed by atoms with van der Waals surface area (Å²) < 4.78 is 35.9. The van der Waals surface area contributed by atoms with Crippen LogP contribution in [0.5, 0.6) is 5.75 Å². The molecule has 0 aromatic heterocycles. The Hall–Kier alpha value is -4.31. The maximum atomic E-state index is 12.8. The SMILES string of the molecule is O=C1OC(c2ccccc2)=N/C1=C\c1ccccc1OS(=O)(=O)c1ccccc1[N+](=O)[O-].